The van der Waals surface area contributed by atoms with E-state index >= 15 is 0 Å². The Kier molecular flexibility index (Phi) is 6.76. The van der Waals surface area contributed by atoms with Gasteiger partial charge in [0.15, 0.2) is 17.0 Å². The largest absolute Gasteiger partial charge is 0.493 e. The van der Waals surface area contributed by atoms with Gasteiger partial charge in [-0.1, -0.05) is 55.8 Å². The molecule has 2 aromatic rings. The van der Waals surface area contributed by atoms with Gasteiger partial charge in [0.2, 0.25) is 0 Å². The summed E-state index contributed by atoms with van der Waals surface area (Å²) in [7, 11) is 3.24. The highest BCUT2D eigenvalue weighted by Crippen LogP contribution is 2.42. The molecule has 31 heavy (non-hydrogen) atoms. The molecule has 0 aromatic heterocycles. The number of nitrogens with zero attached hydrogens (tertiary/aromatic N) is 1. The number of anilines is 1. The monoisotopic (exact) mass is 438 g/mol. The molecular formula is C25H30N2O3S. The molecule has 1 aliphatic heterocycles. The van der Waals surface area contributed by atoms with Crippen LogP contribution in [0, 0.1) is 5.92 Å². The van der Waals surface area contributed by atoms with E-state index in [1.54, 1.807) is 26.0 Å². The smallest absolute Gasteiger partial charge is 0.262 e. The second kappa shape index (κ2) is 9.69. The molecule has 1 unspecified atom stereocenters. The number of benzene rings is 2. The predicted octanol–water partition coefficient (Wildman–Crippen LogP) is 5.59. The summed E-state index contributed by atoms with van der Waals surface area (Å²) in [5.41, 5.74) is 1.82. The first-order chi connectivity index (χ1) is 15.1. The van der Waals surface area contributed by atoms with E-state index < -0.39 is 0 Å². The van der Waals surface area contributed by atoms with Gasteiger partial charge in [-0.05, 0) is 54.7 Å². The summed E-state index contributed by atoms with van der Waals surface area (Å²) in [4.78, 5) is 16.4. The molecule has 1 amide bonds. The van der Waals surface area contributed by atoms with Crippen molar-refractivity contribution < 1.29 is 14.3 Å². The zero-order chi connectivity index (χ0) is 21.8. The van der Waals surface area contributed by atoms with Crippen LogP contribution in [0.4, 0.5) is 5.69 Å². The van der Waals surface area contributed by atoms with E-state index in [4.69, 9.17) is 9.47 Å². The molecule has 0 radical (unpaired) electrons. The molecule has 1 heterocycles. The highest BCUT2D eigenvalue weighted by atomic mass is 32.2. The number of carbonyl (C=O) groups is 1. The lowest BCUT2D eigenvalue weighted by molar-refractivity contribution is -0.129. The molecular weight excluding hydrogens is 408 g/mol. The average Bonchev–Trinajstić information content (AvgIpc) is 3.09. The number of nitrogens with one attached hydrogen (secondary N) is 1. The normalized spacial score (nSPS) is 25.0. The SMILES string of the molecule is COc1ccc(/C=C2\SC(Nc3ccccc3)N([C@H]3CCCC[C@H]3C)C2=O)cc1OC. The van der Waals surface area contributed by atoms with Crippen molar-refractivity contribution in [1.82, 2.24) is 4.90 Å². The number of hydrogen-bond donors (Lipinski definition) is 1. The lowest BCUT2D eigenvalue weighted by atomic mass is 9.85. The van der Waals surface area contributed by atoms with Crippen LogP contribution < -0.4 is 14.8 Å². The Morgan fingerprint density at radius 1 is 1.03 bits per heavy atom. The Hall–Kier alpha value is -2.60. The van der Waals surface area contributed by atoms with E-state index in [1.807, 2.05) is 54.6 Å². The Morgan fingerprint density at radius 2 is 1.77 bits per heavy atom. The van der Waals surface area contributed by atoms with Crippen molar-refractivity contribution in [2.24, 2.45) is 5.92 Å². The lowest BCUT2D eigenvalue weighted by Crippen LogP contribution is -2.48. The number of thioether (sulfide) groups is 1. The quantitative estimate of drug-likeness (QED) is 0.596. The lowest BCUT2D eigenvalue weighted by Gasteiger charge is -2.39. The minimum absolute atomic E-state index is 0.104. The van der Waals surface area contributed by atoms with Crippen LogP contribution in [0.3, 0.4) is 0 Å². The summed E-state index contributed by atoms with van der Waals surface area (Å²) < 4.78 is 10.8. The van der Waals surface area contributed by atoms with E-state index in [-0.39, 0.29) is 17.4 Å². The zero-order valence-corrected chi connectivity index (χ0v) is 19.2. The standard InChI is InChI=1S/C25H30N2O3S/c1-17-9-7-8-12-20(17)27-24(28)23(31-25(27)26-19-10-5-4-6-11-19)16-18-13-14-21(29-2)22(15-18)30-3/h4-6,10-11,13-17,20,25-26H,7-9,12H2,1-3H3/b23-16-/t17-,20+,25?/m1/s1. The highest BCUT2D eigenvalue weighted by molar-refractivity contribution is 8.05. The maximum absolute atomic E-state index is 13.6. The van der Waals surface area contributed by atoms with Crippen LogP contribution in [0.2, 0.25) is 0 Å². The maximum atomic E-state index is 13.6. The molecule has 3 atom stereocenters. The van der Waals surface area contributed by atoms with Crippen LogP contribution in [0.15, 0.2) is 53.4 Å². The third-order valence-electron chi connectivity index (χ3n) is 6.13. The first-order valence-electron chi connectivity index (χ1n) is 10.9. The van der Waals surface area contributed by atoms with Crippen molar-refractivity contribution in [3.63, 3.8) is 0 Å². The second-order valence-electron chi connectivity index (χ2n) is 8.15. The third-order valence-corrected chi connectivity index (χ3v) is 7.24. The van der Waals surface area contributed by atoms with Crippen molar-refractivity contribution in [3.8, 4) is 11.5 Å². The number of ether oxygens (including phenoxy) is 2. The Labute approximate surface area is 188 Å². The zero-order valence-electron chi connectivity index (χ0n) is 18.3. The van der Waals surface area contributed by atoms with Crippen molar-refractivity contribution in [3.05, 3.63) is 59.0 Å². The van der Waals surface area contributed by atoms with Gasteiger partial charge < -0.3 is 19.7 Å². The first-order valence-corrected chi connectivity index (χ1v) is 11.7. The number of rotatable bonds is 6. The molecule has 1 saturated heterocycles. The highest BCUT2D eigenvalue weighted by Gasteiger charge is 2.42. The topological polar surface area (TPSA) is 50.8 Å². The van der Waals surface area contributed by atoms with Gasteiger partial charge in [0.1, 0.15) is 0 Å². The summed E-state index contributed by atoms with van der Waals surface area (Å²) in [6.45, 7) is 2.28. The van der Waals surface area contributed by atoms with Gasteiger partial charge in [0, 0.05) is 11.7 Å². The van der Waals surface area contributed by atoms with Crippen LogP contribution in [-0.2, 0) is 4.79 Å². The molecule has 0 bridgehead atoms. The molecule has 4 rings (SSSR count). The molecule has 0 spiro atoms. The summed E-state index contributed by atoms with van der Waals surface area (Å²) in [5, 5.41) is 3.58. The van der Waals surface area contributed by atoms with E-state index in [2.05, 4.69) is 17.1 Å². The number of carbonyl (C=O) groups excluding carboxylic acids is 1. The maximum Gasteiger partial charge on any atom is 0.262 e. The number of methoxy groups -OCH3 is 2. The fourth-order valence-corrected chi connectivity index (χ4v) is 5.67. The summed E-state index contributed by atoms with van der Waals surface area (Å²) in [6.07, 6.45) is 6.62. The molecule has 5 nitrogen and oxygen atoms in total. The fourth-order valence-electron chi connectivity index (χ4n) is 4.46. The number of amides is 1. The molecule has 1 N–H and O–H groups in total. The molecule has 6 heteroatoms. The van der Waals surface area contributed by atoms with Gasteiger partial charge in [-0.3, -0.25) is 4.79 Å². The van der Waals surface area contributed by atoms with E-state index in [0.29, 0.717) is 17.4 Å². The van der Waals surface area contributed by atoms with Crippen LogP contribution in [-0.4, -0.2) is 36.6 Å². The Bertz CT molecular complexity index is 947. The van der Waals surface area contributed by atoms with Gasteiger partial charge in [-0.15, -0.1) is 0 Å². The van der Waals surface area contributed by atoms with Gasteiger partial charge in [0.25, 0.3) is 5.91 Å². The Balaban J connectivity index is 1.65. The fraction of sp³-hybridized carbons (Fsp3) is 0.400. The minimum Gasteiger partial charge on any atom is -0.493 e. The van der Waals surface area contributed by atoms with E-state index in [1.165, 1.54) is 19.3 Å². The second-order valence-corrected chi connectivity index (χ2v) is 9.27. The molecule has 2 aromatic carbocycles. The van der Waals surface area contributed by atoms with Crippen molar-refractivity contribution in [1.29, 1.82) is 0 Å². The van der Waals surface area contributed by atoms with Crippen LogP contribution in [0.1, 0.15) is 38.2 Å². The minimum atomic E-state index is -0.119. The average molecular weight is 439 g/mol. The predicted molar refractivity (Wildman–Crippen MR) is 127 cm³/mol. The van der Waals surface area contributed by atoms with Crippen LogP contribution in [0.5, 0.6) is 11.5 Å². The molecule has 2 fully saturated rings. The van der Waals surface area contributed by atoms with Crippen molar-refractivity contribution in [2.45, 2.75) is 44.1 Å². The summed E-state index contributed by atoms with van der Waals surface area (Å²) >= 11 is 1.59. The molecule has 2 aliphatic rings. The molecule has 164 valence electrons. The van der Waals surface area contributed by atoms with Gasteiger partial charge in [0.05, 0.1) is 19.1 Å². The number of para-hydroxylation sites is 1. The molecule has 1 aliphatic carbocycles. The van der Waals surface area contributed by atoms with Crippen LogP contribution >= 0.6 is 11.8 Å². The summed E-state index contributed by atoms with van der Waals surface area (Å²) in [6, 6.07) is 16.1. The van der Waals surface area contributed by atoms with E-state index in [9.17, 15) is 4.79 Å². The first kappa shape index (κ1) is 21.6. The van der Waals surface area contributed by atoms with Crippen molar-refractivity contribution in [2.75, 3.05) is 19.5 Å². The van der Waals surface area contributed by atoms with Gasteiger partial charge in [-0.25, -0.2) is 0 Å². The van der Waals surface area contributed by atoms with E-state index in [0.717, 1.165) is 22.6 Å². The van der Waals surface area contributed by atoms with Gasteiger partial charge >= 0.3 is 0 Å². The van der Waals surface area contributed by atoms with Crippen molar-refractivity contribution >= 4 is 29.4 Å². The van der Waals surface area contributed by atoms with Gasteiger partial charge in [-0.2, -0.15) is 0 Å². The third kappa shape index (κ3) is 4.69. The summed E-state index contributed by atoms with van der Waals surface area (Å²) in [5.74, 6) is 1.94. The van der Waals surface area contributed by atoms with Crippen LogP contribution in [0.25, 0.3) is 6.08 Å². The Morgan fingerprint density at radius 3 is 2.48 bits per heavy atom. The molecule has 1 saturated carbocycles. The number of hydrogen-bond acceptors (Lipinski definition) is 5.